The molecule has 0 aliphatic heterocycles. The highest BCUT2D eigenvalue weighted by molar-refractivity contribution is 5.60. The van der Waals surface area contributed by atoms with E-state index in [0.29, 0.717) is 18.2 Å². The summed E-state index contributed by atoms with van der Waals surface area (Å²) in [6, 6.07) is 0. The van der Waals surface area contributed by atoms with E-state index in [1.165, 1.54) is 36.7 Å². The molecule has 0 spiro atoms. The molecule has 1 fully saturated rings. The van der Waals surface area contributed by atoms with Crippen molar-refractivity contribution >= 4 is 11.5 Å². The summed E-state index contributed by atoms with van der Waals surface area (Å²) in [5.74, 6) is 0.821. The van der Waals surface area contributed by atoms with Crippen LogP contribution in [-0.4, -0.2) is 16.1 Å². The molecule has 1 aromatic heterocycles. The Hall–Kier alpha value is -1.72. The minimum atomic E-state index is -0.451. The maximum absolute atomic E-state index is 11.8. The van der Waals surface area contributed by atoms with Crippen molar-refractivity contribution in [3.05, 3.63) is 20.8 Å². The second kappa shape index (κ2) is 5.95. The number of aromatic amines is 1. The summed E-state index contributed by atoms with van der Waals surface area (Å²) in [5, 5.41) is 3.12. The van der Waals surface area contributed by atoms with Gasteiger partial charge in [-0.15, -0.1) is 0 Å². The van der Waals surface area contributed by atoms with E-state index in [9.17, 15) is 9.59 Å². The molecule has 2 rings (SSSR count). The molecule has 106 valence electrons. The predicted octanol–water partition coefficient (Wildman–Crippen LogP) is 1.13. The average Bonchev–Trinajstić information content (AvgIpc) is 2.39. The Kier molecular flexibility index (Phi) is 4.29. The Bertz CT molecular complexity index is 541. The summed E-state index contributed by atoms with van der Waals surface area (Å²) < 4.78 is 1.37. The first kappa shape index (κ1) is 13.7. The molecule has 6 nitrogen and oxygen atoms in total. The number of H-pyrrole nitrogens is 1. The molecule has 1 saturated carbocycles. The van der Waals surface area contributed by atoms with E-state index in [4.69, 9.17) is 5.73 Å². The van der Waals surface area contributed by atoms with E-state index >= 15 is 0 Å². The molecule has 0 amide bonds. The summed E-state index contributed by atoms with van der Waals surface area (Å²) in [5.41, 5.74) is 5.34. The van der Waals surface area contributed by atoms with E-state index in [1.54, 1.807) is 0 Å². The van der Waals surface area contributed by atoms with Gasteiger partial charge in [0.25, 0.3) is 5.56 Å². The van der Waals surface area contributed by atoms with Gasteiger partial charge in [-0.2, -0.15) is 0 Å². The molecule has 0 aromatic carbocycles. The van der Waals surface area contributed by atoms with Crippen LogP contribution in [0.5, 0.6) is 0 Å². The molecular formula is C13H22N4O2. The second-order valence-corrected chi connectivity index (χ2v) is 5.15. The fraction of sp³-hybridized carbons (Fsp3) is 0.692. The number of nitrogen functional groups attached to an aromatic ring is 1. The van der Waals surface area contributed by atoms with Crippen LogP contribution in [0.4, 0.5) is 11.5 Å². The topological polar surface area (TPSA) is 92.9 Å². The zero-order chi connectivity index (χ0) is 13.8. The van der Waals surface area contributed by atoms with Crippen LogP contribution >= 0.6 is 0 Å². The summed E-state index contributed by atoms with van der Waals surface area (Å²) in [6.45, 7) is 3.01. The zero-order valence-corrected chi connectivity index (χ0v) is 11.4. The van der Waals surface area contributed by atoms with Gasteiger partial charge in [0.05, 0.1) is 0 Å². The van der Waals surface area contributed by atoms with Crippen molar-refractivity contribution in [2.45, 2.75) is 45.6 Å². The highest BCUT2D eigenvalue weighted by Gasteiger charge is 2.16. The molecule has 0 radical (unpaired) electrons. The number of anilines is 2. The maximum atomic E-state index is 11.8. The van der Waals surface area contributed by atoms with Crippen LogP contribution in [0.15, 0.2) is 9.59 Å². The lowest BCUT2D eigenvalue weighted by Gasteiger charge is -2.22. The Morgan fingerprint density at radius 3 is 2.63 bits per heavy atom. The van der Waals surface area contributed by atoms with Crippen LogP contribution in [0.2, 0.25) is 0 Å². The monoisotopic (exact) mass is 266 g/mol. The van der Waals surface area contributed by atoms with Gasteiger partial charge in [-0.1, -0.05) is 19.3 Å². The highest BCUT2D eigenvalue weighted by atomic mass is 16.2. The van der Waals surface area contributed by atoms with Gasteiger partial charge in [-0.25, -0.2) is 4.79 Å². The minimum absolute atomic E-state index is 0.229. The van der Waals surface area contributed by atoms with Crippen LogP contribution < -0.4 is 22.3 Å². The molecule has 0 atom stereocenters. The average molecular weight is 266 g/mol. The third kappa shape index (κ3) is 3.00. The third-order valence-electron chi connectivity index (χ3n) is 3.85. The van der Waals surface area contributed by atoms with Crippen LogP contribution in [0.1, 0.15) is 39.0 Å². The lowest BCUT2D eigenvalue weighted by atomic mass is 9.89. The van der Waals surface area contributed by atoms with Crippen molar-refractivity contribution in [3.63, 3.8) is 0 Å². The fourth-order valence-corrected chi connectivity index (χ4v) is 2.71. The predicted molar refractivity (Wildman–Crippen MR) is 76.5 cm³/mol. The maximum Gasteiger partial charge on any atom is 0.330 e. The quantitative estimate of drug-likeness (QED) is 0.761. The van der Waals surface area contributed by atoms with Gasteiger partial charge in [0.1, 0.15) is 11.5 Å². The highest BCUT2D eigenvalue weighted by Crippen LogP contribution is 2.24. The fourth-order valence-electron chi connectivity index (χ4n) is 2.71. The van der Waals surface area contributed by atoms with Crippen LogP contribution in [-0.2, 0) is 6.54 Å². The number of aromatic nitrogens is 2. The standard InChI is InChI=1S/C13H22N4O2/c1-2-17-11(14)10(12(18)16-13(17)19)15-8-9-6-4-3-5-7-9/h9,15H,2-8,14H2,1H3,(H,16,18,19). The van der Waals surface area contributed by atoms with Gasteiger partial charge >= 0.3 is 5.69 Å². The Balaban J connectivity index is 2.15. The van der Waals surface area contributed by atoms with E-state index in [0.717, 1.165) is 6.54 Å². The zero-order valence-electron chi connectivity index (χ0n) is 11.4. The van der Waals surface area contributed by atoms with Gasteiger partial charge in [-0.05, 0) is 25.7 Å². The molecule has 19 heavy (non-hydrogen) atoms. The van der Waals surface area contributed by atoms with E-state index in [-0.39, 0.29) is 5.82 Å². The number of nitrogens with two attached hydrogens (primary N) is 1. The number of hydrogen-bond acceptors (Lipinski definition) is 4. The SMILES string of the molecule is CCn1c(N)c(NCC2CCCCC2)c(=O)[nH]c1=O. The molecule has 4 N–H and O–H groups in total. The third-order valence-corrected chi connectivity index (χ3v) is 3.85. The number of rotatable bonds is 4. The van der Waals surface area contributed by atoms with Gasteiger partial charge in [0, 0.05) is 13.1 Å². The number of hydrogen-bond donors (Lipinski definition) is 3. The van der Waals surface area contributed by atoms with Crippen molar-refractivity contribution in [1.29, 1.82) is 0 Å². The summed E-state index contributed by atoms with van der Waals surface area (Å²) in [7, 11) is 0. The minimum Gasteiger partial charge on any atom is -0.383 e. The Labute approximate surface area is 112 Å². The molecule has 1 aliphatic rings. The first-order valence-corrected chi connectivity index (χ1v) is 7.00. The smallest absolute Gasteiger partial charge is 0.330 e. The van der Waals surface area contributed by atoms with Gasteiger partial charge < -0.3 is 11.1 Å². The Morgan fingerprint density at radius 1 is 1.32 bits per heavy atom. The van der Waals surface area contributed by atoms with E-state index in [2.05, 4.69) is 10.3 Å². The molecular weight excluding hydrogens is 244 g/mol. The summed E-state index contributed by atoms with van der Waals surface area (Å²) in [6.07, 6.45) is 6.20. The van der Waals surface area contributed by atoms with Gasteiger partial charge in [0.2, 0.25) is 0 Å². The van der Waals surface area contributed by atoms with Crippen molar-refractivity contribution in [2.75, 3.05) is 17.6 Å². The lowest BCUT2D eigenvalue weighted by Crippen LogP contribution is -2.34. The van der Waals surface area contributed by atoms with Crippen LogP contribution in [0.3, 0.4) is 0 Å². The van der Waals surface area contributed by atoms with Gasteiger partial charge in [0.15, 0.2) is 0 Å². The van der Waals surface area contributed by atoms with Gasteiger partial charge in [-0.3, -0.25) is 14.3 Å². The van der Waals surface area contributed by atoms with Crippen molar-refractivity contribution in [3.8, 4) is 0 Å². The van der Waals surface area contributed by atoms with Crippen molar-refractivity contribution < 1.29 is 0 Å². The molecule has 1 aliphatic carbocycles. The molecule has 1 heterocycles. The van der Waals surface area contributed by atoms with Crippen LogP contribution in [0, 0.1) is 5.92 Å². The molecule has 1 aromatic rings. The summed E-state index contributed by atoms with van der Waals surface area (Å²) in [4.78, 5) is 25.6. The normalized spacial score (nSPS) is 16.5. The number of nitrogens with zero attached hydrogens (tertiary/aromatic N) is 1. The lowest BCUT2D eigenvalue weighted by molar-refractivity contribution is 0.373. The molecule has 0 saturated heterocycles. The van der Waals surface area contributed by atoms with E-state index in [1.807, 2.05) is 6.92 Å². The van der Waals surface area contributed by atoms with Crippen molar-refractivity contribution in [1.82, 2.24) is 9.55 Å². The van der Waals surface area contributed by atoms with Crippen molar-refractivity contribution in [2.24, 2.45) is 5.92 Å². The Morgan fingerprint density at radius 2 is 2.00 bits per heavy atom. The first-order chi connectivity index (χ1) is 9.13. The largest absolute Gasteiger partial charge is 0.383 e. The van der Waals surface area contributed by atoms with Crippen LogP contribution in [0.25, 0.3) is 0 Å². The molecule has 0 unspecified atom stereocenters. The number of nitrogens with one attached hydrogen (secondary N) is 2. The molecule has 0 bridgehead atoms. The first-order valence-electron chi connectivity index (χ1n) is 7.00. The molecule has 6 heteroatoms. The van der Waals surface area contributed by atoms with E-state index < -0.39 is 11.2 Å². The summed E-state index contributed by atoms with van der Waals surface area (Å²) >= 11 is 0. The second-order valence-electron chi connectivity index (χ2n) is 5.15.